The van der Waals surface area contributed by atoms with Gasteiger partial charge in [0.15, 0.2) is 0 Å². The molecule has 1 aromatic rings. The van der Waals surface area contributed by atoms with E-state index >= 15 is 0 Å². The fraction of sp³-hybridized carbons (Fsp3) is 0.769. The molecule has 18 heavy (non-hydrogen) atoms. The second kappa shape index (κ2) is 6.68. The summed E-state index contributed by atoms with van der Waals surface area (Å²) >= 11 is 3.66. The van der Waals surface area contributed by atoms with E-state index in [0.29, 0.717) is 6.10 Å². The van der Waals surface area contributed by atoms with Gasteiger partial charge in [0.2, 0.25) is 0 Å². The van der Waals surface area contributed by atoms with Gasteiger partial charge in [-0.15, -0.1) is 0 Å². The number of rotatable bonds is 6. The van der Waals surface area contributed by atoms with E-state index in [1.807, 2.05) is 0 Å². The summed E-state index contributed by atoms with van der Waals surface area (Å²) in [5, 5.41) is 8.08. The van der Waals surface area contributed by atoms with Gasteiger partial charge in [0, 0.05) is 26.2 Å². The second-order valence-electron chi connectivity index (χ2n) is 4.64. The number of hydrogen-bond donors (Lipinski definition) is 1. The van der Waals surface area contributed by atoms with Crippen LogP contribution >= 0.6 is 15.9 Å². The maximum Gasteiger partial charge on any atom is 0.0767 e. The molecule has 0 amide bonds. The van der Waals surface area contributed by atoms with Crippen LogP contribution in [0.4, 0.5) is 0 Å². The fourth-order valence-electron chi connectivity index (χ4n) is 2.34. The molecule has 0 spiro atoms. The maximum absolute atomic E-state index is 5.61. The standard InChI is InChI=1S/C13H22BrN3O/c1-3-11-13(14)12(17(4-2)16-11)9-15-8-10-6-5-7-18-10/h10,15H,3-9H2,1-2H3. The molecule has 0 aliphatic carbocycles. The van der Waals surface area contributed by atoms with Crippen LogP contribution in [0.15, 0.2) is 4.47 Å². The van der Waals surface area contributed by atoms with Crippen molar-refractivity contribution in [2.24, 2.45) is 0 Å². The van der Waals surface area contributed by atoms with Crippen molar-refractivity contribution in [1.82, 2.24) is 15.1 Å². The van der Waals surface area contributed by atoms with Crippen LogP contribution < -0.4 is 5.32 Å². The molecule has 0 aromatic carbocycles. The monoisotopic (exact) mass is 315 g/mol. The van der Waals surface area contributed by atoms with Gasteiger partial charge in [0.05, 0.1) is 22.0 Å². The molecule has 1 atom stereocenters. The van der Waals surface area contributed by atoms with Crippen molar-refractivity contribution < 1.29 is 4.74 Å². The third-order valence-electron chi connectivity index (χ3n) is 3.38. The Kier molecular flexibility index (Phi) is 5.21. The summed E-state index contributed by atoms with van der Waals surface area (Å²) in [5.41, 5.74) is 2.39. The zero-order chi connectivity index (χ0) is 13.0. The topological polar surface area (TPSA) is 39.1 Å². The van der Waals surface area contributed by atoms with E-state index in [9.17, 15) is 0 Å². The van der Waals surface area contributed by atoms with Gasteiger partial charge >= 0.3 is 0 Å². The van der Waals surface area contributed by atoms with Gasteiger partial charge in [-0.2, -0.15) is 5.10 Å². The van der Waals surface area contributed by atoms with E-state index in [2.05, 4.69) is 44.9 Å². The molecule has 2 rings (SSSR count). The number of aromatic nitrogens is 2. The van der Waals surface area contributed by atoms with E-state index in [1.165, 1.54) is 18.5 Å². The molecule has 0 bridgehead atoms. The van der Waals surface area contributed by atoms with Crippen LogP contribution in [-0.4, -0.2) is 29.0 Å². The summed E-state index contributed by atoms with van der Waals surface area (Å²) in [5.74, 6) is 0. The minimum atomic E-state index is 0.396. The van der Waals surface area contributed by atoms with E-state index in [4.69, 9.17) is 4.74 Å². The molecule has 4 nitrogen and oxygen atoms in total. The first-order chi connectivity index (χ1) is 8.76. The van der Waals surface area contributed by atoms with E-state index in [1.54, 1.807) is 0 Å². The Bertz CT molecular complexity index is 386. The van der Waals surface area contributed by atoms with Gasteiger partial charge in [0.25, 0.3) is 0 Å². The van der Waals surface area contributed by atoms with Crippen molar-refractivity contribution in [3.05, 3.63) is 15.9 Å². The van der Waals surface area contributed by atoms with Crippen molar-refractivity contribution >= 4 is 15.9 Å². The minimum absolute atomic E-state index is 0.396. The second-order valence-corrected chi connectivity index (χ2v) is 5.44. The molecule has 1 fully saturated rings. The van der Waals surface area contributed by atoms with Crippen molar-refractivity contribution in [2.75, 3.05) is 13.2 Å². The molecule has 102 valence electrons. The number of nitrogens with one attached hydrogen (secondary N) is 1. The summed E-state index contributed by atoms with van der Waals surface area (Å²) in [7, 11) is 0. The third-order valence-corrected chi connectivity index (χ3v) is 4.30. The largest absolute Gasteiger partial charge is 0.377 e. The Morgan fingerprint density at radius 2 is 2.33 bits per heavy atom. The van der Waals surface area contributed by atoms with Crippen molar-refractivity contribution in [3.8, 4) is 0 Å². The van der Waals surface area contributed by atoms with Crippen LogP contribution in [0.3, 0.4) is 0 Å². The van der Waals surface area contributed by atoms with E-state index < -0.39 is 0 Å². The average Bonchev–Trinajstić information content (AvgIpc) is 2.99. The molecule has 1 aliphatic heterocycles. The molecule has 1 unspecified atom stereocenters. The average molecular weight is 316 g/mol. The molecule has 0 saturated carbocycles. The Hall–Kier alpha value is -0.390. The molecule has 0 radical (unpaired) electrons. The normalized spacial score (nSPS) is 19.6. The summed E-state index contributed by atoms with van der Waals surface area (Å²) < 4.78 is 8.84. The van der Waals surface area contributed by atoms with Crippen LogP contribution in [0, 0.1) is 0 Å². The first kappa shape index (κ1) is 14.0. The lowest BCUT2D eigenvalue weighted by atomic mass is 10.2. The first-order valence-electron chi connectivity index (χ1n) is 6.82. The molecule has 1 N–H and O–H groups in total. The smallest absolute Gasteiger partial charge is 0.0767 e. The predicted molar refractivity (Wildman–Crippen MR) is 75.7 cm³/mol. The Labute approximate surface area is 117 Å². The van der Waals surface area contributed by atoms with E-state index in [-0.39, 0.29) is 0 Å². The minimum Gasteiger partial charge on any atom is -0.377 e. The number of nitrogens with zero attached hydrogens (tertiary/aromatic N) is 2. The lowest BCUT2D eigenvalue weighted by Gasteiger charge is -2.11. The number of aryl methyl sites for hydroxylation is 2. The molecular weight excluding hydrogens is 294 g/mol. The lowest BCUT2D eigenvalue weighted by molar-refractivity contribution is 0.109. The molecular formula is C13H22BrN3O. The van der Waals surface area contributed by atoms with Crippen molar-refractivity contribution in [3.63, 3.8) is 0 Å². The maximum atomic E-state index is 5.61. The predicted octanol–water partition coefficient (Wildman–Crippen LogP) is 2.50. The first-order valence-corrected chi connectivity index (χ1v) is 7.61. The van der Waals surface area contributed by atoms with Gasteiger partial charge in [0.1, 0.15) is 0 Å². The number of hydrogen-bond acceptors (Lipinski definition) is 3. The van der Waals surface area contributed by atoms with Gasteiger partial charge in [-0.25, -0.2) is 0 Å². The summed E-state index contributed by atoms with van der Waals surface area (Å²) in [6, 6.07) is 0. The third kappa shape index (κ3) is 3.13. The summed E-state index contributed by atoms with van der Waals surface area (Å²) in [6.45, 7) is 7.88. The van der Waals surface area contributed by atoms with Crippen LogP contribution in [-0.2, 0) is 24.2 Å². The number of halogens is 1. The highest BCUT2D eigenvalue weighted by Gasteiger charge is 2.17. The van der Waals surface area contributed by atoms with Crippen LogP contribution in [0.1, 0.15) is 38.1 Å². The fourth-order valence-corrected chi connectivity index (χ4v) is 3.05. The van der Waals surface area contributed by atoms with Crippen molar-refractivity contribution in [1.29, 1.82) is 0 Å². The molecule has 5 heteroatoms. The van der Waals surface area contributed by atoms with Gasteiger partial charge in [-0.3, -0.25) is 4.68 Å². The molecule has 2 heterocycles. The van der Waals surface area contributed by atoms with Crippen LogP contribution in [0.25, 0.3) is 0 Å². The number of ether oxygens (including phenoxy) is 1. The van der Waals surface area contributed by atoms with Crippen LogP contribution in [0.5, 0.6) is 0 Å². The van der Waals surface area contributed by atoms with Crippen LogP contribution in [0.2, 0.25) is 0 Å². The summed E-state index contributed by atoms with van der Waals surface area (Å²) in [4.78, 5) is 0. The zero-order valence-electron chi connectivity index (χ0n) is 11.2. The lowest BCUT2D eigenvalue weighted by Crippen LogP contribution is -2.27. The Morgan fingerprint density at radius 1 is 1.50 bits per heavy atom. The zero-order valence-corrected chi connectivity index (χ0v) is 12.8. The highest BCUT2D eigenvalue weighted by Crippen LogP contribution is 2.22. The quantitative estimate of drug-likeness (QED) is 0.876. The van der Waals surface area contributed by atoms with Gasteiger partial charge in [-0.1, -0.05) is 6.92 Å². The van der Waals surface area contributed by atoms with Gasteiger partial charge in [-0.05, 0) is 42.1 Å². The Balaban J connectivity index is 1.92. The Morgan fingerprint density at radius 3 is 2.94 bits per heavy atom. The molecule has 1 saturated heterocycles. The molecule has 1 aromatic heterocycles. The van der Waals surface area contributed by atoms with Crippen molar-refractivity contribution in [2.45, 2.75) is 52.3 Å². The van der Waals surface area contributed by atoms with Gasteiger partial charge < -0.3 is 10.1 Å². The SMILES string of the molecule is CCc1nn(CC)c(CNCC2CCCO2)c1Br. The highest BCUT2D eigenvalue weighted by atomic mass is 79.9. The summed E-state index contributed by atoms with van der Waals surface area (Å²) in [6.07, 6.45) is 3.74. The molecule has 1 aliphatic rings. The highest BCUT2D eigenvalue weighted by molar-refractivity contribution is 9.10. The van der Waals surface area contributed by atoms with E-state index in [0.717, 1.165) is 42.8 Å².